The molecule has 1 saturated heterocycles. The van der Waals surface area contributed by atoms with Crippen molar-refractivity contribution in [3.8, 4) is 0 Å². The van der Waals surface area contributed by atoms with Crippen molar-refractivity contribution in [2.24, 2.45) is 5.92 Å². The van der Waals surface area contributed by atoms with Gasteiger partial charge in [-0.25, -0.2) is 0 Å². The number of hydrogen-bond acceptors (Lipinski definition) is 2. The molecule has 1 heterocycles. The van der Waals surface area contributed by atoms with Crippen LogP contribution in [0.2, 0.25) is 0 Å². The van der Waals surface area contributed by atoms with Crippen LogP contribution < -0.4 is 0 Å². The van der Waals surface area contributed by atoms with Crippen molar-refractivity contribution in [1.82, 2.24) is 0 Å². The van der Waals surface area contributed by atoms with Gasteiger partial charge in [-0.3, -0.25) is 4.79 Å². The first-order valence-electron chi connectivity index (χ1n) is 10.4. The Balaban J connectivity index is 1.85. The molecule has 3 rings (SSSR count). The number of carbonyl (C=O) groups excluding carboxylic acids is 1. The molecule has 3 atom stereocenters. The van der Waals surface area contributed by atoms with Crippen molar-refractivity contribution in [2.45, 2.75) is 25.9 Å². The second kappa shape index (κ2) is 8.89. The summed E-state index contributed by atoms with van der Waals surface area (Å²) >= 11 is 0. The minimum Gasteiger partial charge on any atom is -0.385 e. The summed E-state index contributed by atoms with van der Waals surface area (Å²) in [6, 6.07) is 18.0. The van der Waals surface area contributed by atoms with Crippen molar-refractivity contribution in [2.75, 3.05) is 26.7 Å². The summed E-state index contributed by atoms with van der Waals surface area (Å²) < 4.78 is 0.802. The third-order valence-electron chi connectivity index (χ3n) is 6.27. The lowest BCUT2D eigenvalue weighted by Gasteiger charge is -2.46. The molecule has 3 heteroatoms. The Morgan fingerprint density at radius 3 is 2.41 bits per heavy atom. The van der Waals surface area contributed by atoms with Gasteiger partial charge in [0.2, 0.25) is 0 Å². The van der Waals surface area contributed by atoms with Crippen LogP contribution in [0.4, 0.5) is 0 Å². The summed E-state index contributed by atoms with van der Waals surface area (Å²) in [7, 11) is 2.17. The van der Waals surface area contributed by atoms with E-state index >= 15 is 0 Å². The zero-order valence-electron chi connectivity index (χ0n) is 17.7. The molecule has 0 bridgehead atoms. The maximum absolute atomic E-state index is 13.2. The Labute approximate surface area is 174 Å². The van der Waals surface area contributed by atoms with Gasteiger partial charge in [-0.1, -0.05) is 78.4 Å². The number of rotatable bonds is 6. The number of aliphatic hydroxyl groups is 1. The van der Waals surface area contributed by atoms with Gasteiger partial charge in [0.1, 0.15) is 11.5 Å². The quantitative estimate of drug-likeness (QED) is 0.582. The molecule has 0 aromatic heterocycles. The number of allylic oxidation sites excluding steroid dienone is 1. The predicted octanol–water partition coefficient (Wildman–Crippen LogP) is 4.51. The molecule has 152 valence electrons. The zero-order valence-corrected chi connectivity index (χ0v) is 17.7. The lowest BCUT2D eigenvalue weighted by Crippen LogP contribution is -2.61. The fraction of sp³-hybridized carbons (Fsp3) is 0.346. The van der Waals surface area contributed by atoms with Gasteiger partial charge >= 0.3 is 0 Å². The summed E-state index contributed by atoms with van der Waals surface area (Å²) in [6.07, 6.45) is 7.85. The minimum atomic E-state index is -1.13. The van der Waals surface area contributed by atoms with Crippen LogP contribution >= 0.6 is 0 Å². The number of benzene rings is 2. The fourth-order valence-corrected chi connectivity index (χ4v) is 3.91. The Morgan fingerprint density at radius 1 is 1.10 bits per heavy atom. The first-order chi connectivity index (χ1) is 13.8. The summed E-state index contributed by atoms with van der Waals surface area (Å²) in [6.45, 7) is 6.64. The van der Waals surface area contributed by atoms with Crippen LogP contribution in [0, 0.1) is 12.8 Å². The van der Waals surface area contributed by atoms with Crippen molar-refractivity contribution in [1.29, 1.82) is 0 Å². The van der Waals surface area contributed by atoms with E-state index in [9.17, 15) is 9.90 Å². The zero-order chi connectivity index (χ0) is 20.9. The largest absolute Gasteiger partial charge is 0.385 e. The highest BCUT2D eigenvalue weighted by Gasteiger charge is 2.48. The summed E-state index contributed by atoms with van der Waals surface area (Å²) in [4.78, 5) is 13.2. The van der Waals surface area contributed by atoms with Crippen LogP contribution in [-0.2, 0) is 4.79 Å². The average molecular weight is 391 g/mol. The van der Waals surface area contributed by atoms with Crippen molar-refractivity contribution >= 4 is 17.9 Å². The molecule has 2 aromatic rings. The molecular formula is C26H32NO2+. The molecule has 2 aromatic carbocycles. The van der Waals surface area contributed by atoms with Crippen LogP contribution in [0.25, 0.3) is 12.2 Å². The lowest BCUT2D eigenvalue weighted by molar-refractivity contribution is -0.916. The van der Waals surface area contributed by atoms with E-state index in [4.69, 9.17) is 0 Å². The second-order valence-electron chi connectivity index (χ2n) is 8.53. The number of nitrogens with zero attached hydrogens (tertiary/aromatic N) is 1. The molecule has 29 heavy (non-hydrogen) atoms. The highest BCUT2D eigenvalue weighted by molar-refractivity contribution is 5.96. The number of carbonyl (C=O) groups is 1. The number of quaternary nitrogens is 1. The molecule has 1 N–H and O–H groups in total. The standard InChI is InChI=1S/C26H32NO2/c1-4-27(3)19-18-26(29,17-16-22-8-6-5-7-9-22)24(20-27)25(28)15-14-23-12-10-21(2)11-13-23/h5-17,24,29H,4,18-20H2,1-3H3/q+1/b15-14+,17-16+. The lowest BCUT2D eigenvalue weighted by atomic mass is 9.76. The van der Waals surface area contributed by atoms with Crippen LogP contribution in [0.5, 0.6) is 0 Å². The molecular weight excluding hydrogens is 358 g/mol. The highest BCUT2D eigenvalue weighted by Crippen LogP contribution is 2.34. The van der Waals surface area contributed by atoms with E-state index in [2.05, 4.69) is 14.0 Å². The minimum absolute atomic E-state index is 0.0108. The van der Waals surface area contributed by atoms with E-state index in [-0.39, 0.29) is 5.78 Å². The smallest absolute Gasteiger partial charge is 0.167 e. The maximum atomic E-state index is 13.2. The van der Waals surface area contributed by atoms with Gasteiger partial charge in [-0.05, 0) is 31.1 Å². The summed E-state index contributed by atoms with van der Waals surface area (Å²) in [5, 5.41) is 11.5. The highest BCUT2D eigenvalue weighted by atomic mass is 16.3. The molecule has 0 amide bonds. The first kappa shape index (κ1) is 21.2. The molecule has 0 saturated carbocycles. The average Bonchev–Trinajstić information content (AvgIpc) is 2.74. The molecule has 1 aliphatic heterocycles. The maximum Gasteiger partial charge on any atom is 0.167 e. The molecule has 3 nitrogen and oxygen atoms in total. The van der Waals surface area contributed by atoms with Crippen LogP contribution in [-0.4, -0.2) is 47.7 Å². The van der Waals surface area contributed by atoms with E-state index in [1.165, 1.54) is 5.56 Å². The van der Waals surface area contributed by atoms with Crippen molar-refractivity contribution < 1.29 is 14.4 Å². The summed E-state index contributed by atoms with van der Waals surface area (Å²) in [5.41, 5.74) is 2.09. The third kappa shape index (κ3) is 5.31. The Hall–Kier alpha value is -2.49. The third-order valence-corrected chi connectivity index (χ3v) is 6.27. The molecule has 1 fully saturated rings. The van der Waals surface area contributed by atoms with Crippen LogP contribution in [0.1, 0.15) is 30.0 Å². The van der Waals surface area contributed by atoms with Crippen LogP contribution in [0.3, 0.4) is 0 Å². The van der Waals surface area contributed by atoms with Crippen molar-refractivity contribution in [3.05, 3.63) is 83.4 Å². The molecule has 3 unspecified atom stereocenters. The van der Waals surface area contributed by atoms with Gasteiger partial charge in [0.05, 0.1) is 26.7 Å². The number of piperidine rings is 1. The van der Waals surface area contributed by atoms with E-state index in [0.717, 1.165) is 28.7 Å². The van der Waals surface area contributed by atoms with E-state index in [0.29, 0.717) is 13.0 Å². The normalized spacial score (nSPS) is 27.5. The topological polar surface area (TPSA) is 37.3 Å². The number of likely N-dealkylation sites (tertiary alicyclic amines) is 1. The molecule has 0 radical (unpaired) electrons. The van der Waals surface area contributed by atoms with Gasteiger partial charge in [-0.2, -0.15) is 0 Å². The fourth-order valence-electron chi connectivity index (χ4n) is 3.91. The second-order valence-corrected chi connectivity index (χ2v) is 8.53. The van der Waals surface area contributed by atoms with Gasteiger partial charge in [0.25, 0.3) is 0 Å². The van der Waals surface area contributed by atoms with Crippen LogP contribution in [0.15, 0.2) is 66.7 Å². The molecule has 1 aliphatic rings. The molecule has 0 spiro atoms. The van der Waals surface area contributed by atoms with E-state index in [1.54, 1.807) is 6.08 Å². The van der Waals surface area contributed by atoms with Gasteiger partial charge < -0.3 is 9.59 Å². The van der Waals surface area contributed by atoms with Gasteiger partial charge in [-0.15, -0.1) is 0 Å². The molecule has 0 aliphatic carbocycles. The Kier molecular flexibility index (Phi) is 6.51. The monoisotopic (exact) mass is 390 g/mol. The Bertz CT molecular complexity index is 885. The van der Waals surface area contributed by atoms with E-state index < -0.39 is 11.5 Å². The van der Waals surface area contributed by atoms with Gasteiger partial charge in [0.15, 0.2) is 5.78 Å². The first-order valence-corrected chi connectivity index (χ1v) is 10.4. The predicted molar refractivity (Wildman–Crippen MR) is 120 cm³/mol. The van der Waals surface area contributed by atoms with Gasteiger partial charge in [0, 0.05) is 6.42 Å². The number of ketones is 1. The number of hydrogen-bond donors (Lipinski definition) is 1. The van der Waals surface area contributed by atoms with Crippen molar-refractivity contribution in [3.63, 3.8) is 0 Å². The summed E-state index contributed by atoms with van der Waals surface area (Å²) in [5.74, 6) is -0.467. The Morgan fingerprint density at radius 2 is 1.76 bits per heavy atom. The number of aryl methyl sites for hydroxylation is 1. The SMILES string of the molecule is CC[N+]1(C)CCC(O)(/C=C/c2ccccc2)C(C(=O)/C=C/c2ccc(C)cc2)C1. The van der Waals surface area contributed by atoms with E-state index in [1.807, 2.05) is 79.7 Å².